The Hall–Kier alpha value is -1.71. The predicted molar refractivity (Wildman–Crippen MR) is 90.7 cm³/mol. The first kappa shape index (κ1) is 14.9. The first-order valence-electron chi connectivity index (χ1n) is 8.93. The number of anilines is 1. The minimum Gasteiger partial charge on any atom is -0.495 e. The summed E-state index contributed by atoms with van der Waals surface area (Å²) in [7, 11) is 1.72. The maximum absolute atomic E-state index is 12.8. The molecule has 1 aromatic rings. The lowest BCUT2D eigenvalue weighted by molar-refractivity contribution is -0.137. The molecule has 1 amide bonds. The maximum atomic E-state index is 12.8. The van der Waals surface area contributed by atoms with E-state index >= 15 is 0 Å². The number of carbonyl (C=O) groups excluding carboxylic acids is 1. The van der Waals surface area contributed by atoms with Crippen molar-refractivity contribution in [3.8, 4) is 5.75 Å². The number of benzene rings is 1. The average Bonchev–Trinajstić information content (AvgIpc) is 3.24. The number of rotatable bonds is 3. The molecule has 1 saturated heterocycles. The second-order valence-corrected chi connectivity index (χ2v) is 7.27. The van der Waals surface area contributed by atoms with Gasteiger partial charge in [-0.15, -0.1) is 0 Å². The number of ether oxygens (including phenoxy) is 1. The summed E-state index contributed by atoms with van der Waals surface area (Å²) in [6.45, 7) is 3.47. The zero-order chi connectivity index (χ0) is 15.8. The van der Waals surface area contributed by atoms with Gasteiger partial charge in [-0.2, -0.15) is 0 Å². The largest absolute Gasteiger partial charge is 0.495 e. The second kappa shape index (κ2) is 6.06. The van der Waals surface area contributed by atoms with Crippen LogP contribution in [0.5, 0.6) is 5.75 Å². The summed E-state index contributed by atoms with van der Waals surface area (Å²) in [5.41, 5.74) is 1.14. The molecule has 1 aromatic carbocycles. The number of fused-ring (bicyclic) bond motifs is 2. The number of para-hydroxylation sites is 2. The van der Waals surface area contributed by atoms with E-state index in [-0.39, 0.29) is 0 Å². The van der Waals surface area contributed by atoms with Crippen LogP contribution in [0.25, 0.3) is 0 Å². The molecule has 3 atom stereocenters. The average molecular weight is 314 g/mol. The van der Waals surface area contributed by atoms with Gasteiger partial charge in [0.2, 0.25) is 5.91 Å². The van der Waals surface area contributed by atoms with Gasteiger partial charge in [-0.05, 0) is 43.2 Å². The first-order valence-corrected chi connectivity index (χ1v) is 8.93. The molecule has 1 aliphatic heterocycles. The van der Waals surface area contributed by atoms with Crippen molar-refractivity contribution in [1.29, 1.82) is 0 Å². The standard InChI is InChI=1S/C19H26N2O2/c1-23-18-5-3-2-4-17(18)20-8-10-21(11-9-20)19(22)16-13-14-6-7-15(16)12-14/h2-5,14-16H,6-13H2,1H3/t14-,15-,16-/m0/s1. The Kier molecular flexibility index (Phi) is 3.92. The first-order chi connectivity index (χ1) is 11.3. The molecule has 2 saturated carbocycles. The number of piperazine rings is 1. The van der Waals surface area contributed by atoms with Crippen LogP contribution in [0.4, 0.5) is 5.69 Å². The molecule has 0 N–H and O–H groups in total. The lowest BCUT2D eigenvalue weighted by Gasteiger charge is -2.38. The number of carbonyl (C=O) groups is 1. The molecule has 0 radical (unpaired) electrons. The van der Waals surface area contributed by atoms with Crippen molar-refractivity contribution >= 4 is 11.6 Å². The molecule has 3 aliphatic rings. The molecule has 4 nitrogen and oxygen atoms in total. The van der Waals surface area contributed by atoms with E-state index in [1.54, 1.807) is 7.11 Å². The highest BCUT2D eigenvalue weighted by Crippen LogP contribution is 2.49. The fourth-order valence-corrected chi connectivity index (χ4v) is 4.84. The Morgan fingerprint density at radius 2 is 1.87 bits per heavy atom. The van der Waals surface area contributed by atoms with Gasteiger partial charge in [-0.25, -0.2) is 0 Å². The van der Waals surface area contributed by atoms with Gasteiger partial charge in [0.25, 0.3) is 0 Å². The molecule has 1 heterocycles. The monoisotopic (exact) mass is 314 g/mol. The van der Waals surface area contributed by atoms with Gasteiger partial charge in [0.05, 0.1) is 12.8 Å². The fourth-order valence-electron chi connectivity index (χ4n) is 4.84. The smallest absolute Gasteiger partial charge is 0.226 e. The molecule has 0 unspecified atom stereocenters. The summed E-state index contributed by atoms with van der Waals surface area (Å²) in [4.78, 5) is 17.3. The van der Waals surface area contributed by atoms with Crippen LogP contribution >= 0.6 is 0 Å². The highest BCUT2D eigenvalue weighted by Gasteiger charge is 2.44. The van der Waals surface area contributed by atoms with Gasteiger partial charge in [-0.1, -0.05) is 18.6 Å². The fraction of sp³-hybridized carbons (Fsp3) is 0.632. The number of hydrogen-bond donors (Lipinski definition) is 0. The minimum atomic E-state index is 0.326. The van der Waals surface area contributed by atoms with Gasteiger partial charge in [-0.3, -0.25) is 4.79 Å². The quantitative estimate of drug-likeness (QED) is 0.860. The maximum Gasteiger partial charge on any atom is 0.226 e. The van der Waals surface area contributed by atoms with Crippen LogP contribution in [-0.2, 0) is 4.79 Å². The van der Waals surface area contributed by atoms with Gasteiger partial charge in [0.15, 0.2) is 0 Å². The normalized spacial score (nSPS) is 29.9. The summed E-state index contributed by atoms with van der Waals surface area (Å²) >= 11 is 0. The van der Waals surface area contributed by atoms with Crippen molar-refractivity contribution < 1.29 is 9.53 Å². The third-order valence-corrected chi connectivity index (χ3v) is 6.07. The number of nitrogens with zero attached hydrogens (tertiary/aromatic N) is 2. The van der Waals surface area contributed by atoms with Crippen LogP contribution in [0.3, 0.4) is 0 Å². The van der Waals surface area contributed by atoms with Crippen molar-refractivity contribution in [3.63, 3.8) is 0 Å². The van der Waals surface area contributed by atoms with Gasteiger partial charge in [0.1, 0.15) is 5.75 Å². The lowest BCUT2D eigenvalue weighted by atomic mass is 9.87. The van der Waals surface area contributed by atoms with Gasteiger partial charge < -0.3 is 14.5 Å². The summed E-state index contributed by atoms with van der Waals surface area (Å²) in [6, 6.07) is 8.15. The molecule has 0 spiro atoms. The van der Waals surface area contributed by atoms with Crippen molar-refractivity contribution in [3.05, 3.63) is 24.3 Å². The Morgan fingerprint density at radius 3 is 2.52 bits per heavy atom. The van der Waals surface area contributed by atoms with E-state index < -0.39 is 0 Å². The number of amides is 1. The van der Waals surface area contributed by atoms with Crippen LogP contribution < -0.4 is 9.64 Å². The van der Waals surface area contributed by atoms with Crippen LogP contribution in [0.15, 0.2) is 24.3 Å². The molecule has 3 fully saturated rings. The van der Waals surface area contributed by atoms with Crippen LogP contribution in [0, 0.1) is 17.8 Å². The molecule has 2 aliphatic carbocycles. The Balaban J connectivity index is 1.38. The van der Waals surface area contributed by atoms with E-state index in [4.69, 9.17) is 4.74 Å². The number of methoxy groups -OCH3 is 1. The highest BCUT2D eigenvalue weighted by atomic mass is 16.5. The summed E-state index contributed by atoms with van der Waals surface area (Å²) in [6.07, 6.45) is 5.09. The van der Waals surface area contributed by atoms with Crippen LogP contribution in [0.2, 0.25) is 0 Å². The molecule has 23 heavy (non-hydrogen) atoms. The Labute approximate surface area is 138 Å². The molecular weight excluding hydrogens is 288 g/mol. The zero-order valence-corrected chi connectivity index (χ0v) is 13.9. The molecule has 0 aromatic heterocycles. The third kappa shape index (κ3) is 2.68. The summed E-state index contributed by atoms with van der Waals surface area (Å²) in [5.74, 6) is 3.19. The van der Waals surface area contributed by atoms with Crippen molar-refractivity contribution in [1.82, 2.24) is 4.90 Å². The summed E-state index contributed by atoms with van der Waals surface area (Å²) < 4.78 is 5.47. The topological polar surface area (TPSA) is 32.8 Å². The summed E-state index contributed by atoms with van der Waals surface area (Å²) in [5, 5.41) is 0. The van der Waals surface area contributed by atoms with Crippen LogP contribution in [0.1, 0.15) is 25.7 Å². The van der Waals surface area contributed by atoms with E-state index in [1.807, 2.05) is 18.2 Å². The SMILES string of the molecule is COc1ccccc1N1CCN(C(=O)[C@H]2C[C@H]3CC[C@H]2C3)CC1. The van der Waals surface area contributed by atoms with E-state index in [0.717, 1.165) is 50.0 Å². The predicted octanol–water partition coefficient (Wildman–Crippen LogP) is 2.78. The van der Waals surface area contributed by atoms with E-state index in [9.17, 15) is 4.79 Å². The van der Waals surface area contributed by atoms with E-state index in [1.165, 1.54) is 19.3 Å². The van der Waals surface area contributed by atoms with E-state index in [0.29, 0.717) is 17.7 Å². The molecule has 2 bridgehead atoms. The third-order valence-electron chi connectivity index (χ3n) is 6.07. The van der Waals surface area contributed by atoms with Crippen LogP contribution in [-0.4, -0.2) is 44.1 Å². The Bertz CT molecular complexity index is 580. The minimum absolute atomic E-state index is 0.326. The van der Waals surface area contributed by atoms with E-state index in [2.05, 4.69) is 15.9 Å². The molecular formula is C19H26N2O2. The lowest BCUT2D eigenvalue weighted by Crippen LogP contribution is -2.51. The Morgan fingerprint density at radius 1 is 1.09 bits per heavy atom. The molecule has 124 valence electrons. The van der Waals surface area contributed by atoms with Crippen molar-refractivity contribution in [2.45, 2.75) is 25.7 Å². The zero-order valence-electron chi connectivity index (χ0n) is 13.9. The van der Waals surface area contributed by atoms with Gasteiger partial charge >= 0.3 is 0 Å². The van der Waals surface area contributed by atoms with Crippen molar-refractivity contribution in [2.75, 3.05) is 38.2 Å². The second-order valence-electron chi connectivity index (χ2n) is 7.27. The molecule has 4 heteroatoms. The van der Waals surface area contributed by atoms with Crippen molar-refractivity contribution in [2.24, 2.45) is 17.8 Å². The molecule has 4 rings (SSSR count). The highest BCUT2D eigenvalue weighted by molar-refractivity contribution is 5.80. The van der Waals surface area contributed by atoms with Gasteiger partial charge in [0, 0.05) is 32.1 Å². The number of hydrogen-bond acceptors (Lipinski definition) is 3.